The van der Waals surface area contributed by atoms with Gasteiger partial charge in [0, 0.05) is 24.2 Å². The second-order valence-corrected chi connectivity index (χ2v) is 8.08. The molecule has 1 saturated carbocycles. The summed E-state index contributed by atoms with van der Waals surface area (Å²) in [7, 11) is 0. The third-order valence-corrected chi connectivity index (χ3v) is 5.01. The largest absolute Gasteiger partial charge is 0.382 e. The molecule has 0 bridgehead atoms. The Morgan fingerprint density at radius 3 is 2.93 bits per heavy atom. The fraction of sp³-hybridized carbons (Fsp3) is 0.350. The third kappa shape index (κ3) is 3.16. The zero-order chi connectivity index (χ0) is 19.3. The van der Waals surface area contributed by atoms with Gasteiger partial charge in [-0.3, -0.25) is 0 Å². The first-order valence-corrected chi connectivity index (χ1v) is 9.91. The van der Waals surface area contributed by atoms with Crippen LogP contribution in [0.25, 0.3) is 27.9 Å². The fourth-order valence-electron chi connectivity index (χ4n) is 3.20. The van der Waals surface area contributed by atoms with Crippen molar-refractivity contribution in [1.29, 1.82) is 0 Å². The van der Waals surface area contributed by atoms with Crippen LogP contribution in [0.4, 0.5) is 11.5 Å². The molecule has 1 aliphatic carbocycles. The lowest BCUT2D eigenvalue weighted by atomic mass is 10.1. The Morgan fingerprint density at radius 2 is 2.14 bits per heavy atom. The summed E-state index contributed by atoms with van der Waals surface area (Å²) in [6.45, 7) is 5.14. The van der Waals surface area contributed by atoms with Crippen LogP contribution >= 0.6 is 11.6 Å². The second kappa shape index (κ2) is 6.67. The van der Waals surface area contributed by atoms with Crippen molar-refractivity contribution in [2.24, 2.45) is 5.92 Å². The van der Waals surface area contributed by atoms with Crippen molar-refractivity contribution in [3.8, 4) is 11.3 Å². The van der Waals surface area contributed by atoms with Gasteiger partial charge in [-0.15, -0.1) is 0 Å². The highest BCUT2D eigenvalue weighted by Crippen LogP contribution is 2.32. The van der Waals surface area contributed by atoms with Gasteiger partial charge in [0.2, 0.25) is 0 Å². The molecule has 0 amide bonds. The minimum absolute atomic E-state index is 0.412. The van der Waals surface area contributed by atoms with E-state index in [2.05, 4.69) is 39.7 Å². The van der Waals surface area contributed by atoms with Crippen LogP contribution in [0.1, 0.15) is 26.7 Å². The van der Waals surface area contributed by atoms with E-state index >= 15 is 0 Å². The van der Waals surface area contributed by atoms with Crippen molar-refractivity contribution in [3.63, 3.8) is 0 Å². The van der Waals surface area contributed by atoms with Crippen LogP contribution in [0.15, 0.2) is 35.0 Å². The average molecular weight is 397 g/mol. The van der Waals surface area contributed by atoms with Crippen molar-refractivity contribution in [1.82, 2.24) is 19.8 Å². The van der Waals surface area contributed by atoms with E-state index in [4.69, 9.17) is 16.1 Å². The predicted octanol–water partition coefficient (Wildman–Crippen LogP) is 4.83. The van der Waals surface area contributed by atoms with Crippen molar-refractivity contribution >= 4 is 39.7 Å². The van der Waals surface area contributed by atoms with Gasteiger partial charge in [-0.05, 0) is 30.9 Å². The molecule has 5 rings (SSSR count). The fourth-order valence-corrected chi connectivity index (χ4v) is 3.39. The third-order valence-electron chi connectivity index (χ3n) is 4.82. The molecule has 1 aromatic carbocycles. The number of fused-ring (bicyclic) bond motifs is 2. The SMILES string of the molecule is CC(C)CNc1cc(Cl)nn2c(-c3ccc4c(NC5CC5)noc4c3)cnc12. The molecule has 0 atom stereocenters. The van der Waals surface area contributed by atoms with Gasteiger partial charge in [0.25, 0.3) is 0 Å². The summed E-state index contributed by atoms with van der Waals surface area (Å²) in [4.78, 5) is 4.57. The standard InChI is InChI=1S/C20H21ClN6O/c1-11(2)9-22-15-8-18(21)25-27-16(10-23-20(15)27)12-3-6-14-17(7-12)28-26-19(14)24-13-4-5-13/h3,6-8,10-11,13,22H,4-5,9H2,1-2H3,(H,24,26). The zero-order valence-electron chi connectivity index (χ0n) is 15.7. The lowest BCUT2D eigenvalue weighted by Gasteiger charge is -2.10. The van der Waals surface area contributed by atoms with Gasteiger partial charge in [-0.25, -0.2) is 9.50 Å². The van der Waals surface area contributed by atoms with Crippen molar-refractivity contribution < 1.29 is 4.52 Å². The molecule has 1 aliphatic rings. The maximum Gasteiger partial charge on any atom is 0.177 e. The van der Waals surface area contributed by atoms with Crippen LogP contribution in [0, 0.1) is 5.92 Å². The van der Waals surface area contributed by atoms with Crippen molar-refractivity contribution in [2.75, 3.05) is 17.2 Å². The van der Waals surface area contributed by atoms with E-state index in [9.17, 15) is 0 Å². The molecule has 144 valence electrons. The molecule has 2 N–H and O–H groups in total. The quantitative estimate of drug-likeness (QED) is 0.485. The van der Waals surface area contributed by atoms with Crippen LogP contribution in [0.5, 0.6) is 0 Å². The van der Waals surface area contributed by atoms with Crippen LogP contribution in [0.2, 0.25) is 5.15 Å². The van der Waals surface area contributed by atoms with E-state index < -0.39 is 0 Å². The highest BCUT2D eigenvalue weighted by atomic mass is 35.5. The Kier molecular flexibility index (Phi) is 4.12. The molecule has 4 aromatic rings. The van der Waals surface area contributed by atoms with Gasteiger partial charge in [0.15, 0.2) is 22.2 Å². The monoisotopic (exact) mass is 396 g/mol. The number of halogens is 1. The Balaban J connectivity index is 1.55. The van der Waals surface area contributed by atoms with E-state index in [1.807, 2.05) is 24.3 Å². The minimum atomic E-state index is 0.412. The minimum Gasteiger partial charge on any atom is -0.382 e. The Morgan fingerprint density at radius 1 is 1.29 bits per heavy atom. The molecule has 7 nitrogen and oxygen atoms in total. The highest BCUT2D eigenvalue weighted by molar-refractivity contribution is 6.29. The zero-order valence-corrected chi connectivity index (χ0v) is 16.5. The van der Waals surface area contributed by atoms with Crippen molar-refractivity contribution in [2.45, 2.75) is 32.7 Å². The molecule has 0 spiro atoms. The van der Waals surface area contributed by atoms with Gasteiger partial charge in [0.1, 0.15) is 0 Å². The summed E-state index contributed by atoms with van der Waals surface area (Å²) in [6.07, 6.45) is 4.18. The number of nitrogens with zero attached hydrogens (tertiary/aromatic N) is 4. The number of aromatic nitrogens is 4. The first kappa shape index (κ1) is 17.3. The molecule has 1 fully saturated rings. The maximum absolute atomic E-state index is 6.27. The summed E-state index contributed by atoms with van der Waals surface area (Å²) < 4.78 is 7.31. The summed E-state index contributed by atoms with van der Waals surface area (Å²) in [6, 6.07) is 8.35. The normalized spacial score (nSPS) is 14.3. The Bertz CT molecular complexity index is 1160. The topological polar surface area (TPSA) is 80.3 Å². The lowest BCUT2D eigenvalue weighted by molar-refractivity contribution is 0.459. The van der Waals surface area contributed by atoms with Gasteiger partial charge < -0.3 is 15.2 Å². The smallest absolute Gasteiger partial charge is 0.177 e. The van der Waals surface area contributed by atoms with Crippen molar-refractivity contribution in [3.05, 3.63) is 35.6 Å². The summed E-state index contributed by atoms with van der Waals surface area (Å²) in [5.41, 5.74) is 4.14. The molecule has 3 heterocycles. The molecular formula is C20H21ClN6O. The molecule has 0 aliphatic heterocycles. The molecule has 0 saturated heterocycles. The Labute approximate surface area is 167 Å². The van der Waals surface area contributed by atoms with E-state index in [-0.39, 0.29) is 0 Å². The summed E-state index contributed by atoms with van der Waals surface area (Å²) in [5, 5.41) is 16.8. The first-order chi connectivity index (χ1) is 13.6. The molecule has 28 heavy (non-hydrogen) atoms. The number of nitrogens with one attached hydrogen (secondary N) is 2. The number of rotatable bonds is 6. The second-order valence-electron chi connectivity index (χ2n) is 7.70. The number of hydrogen-bond acceptors (Lipinski definition) is 6. The lowest BCUT2D eigenvalue weighted by Crippen LogP contribution is -2.10. The number of hydrogen-bond donors (Lipinski definition) is 2. The maximum atomic E-state index is 6.27. The van der Waals surface area contributed by atoms with Gasteiger partial charge >= 0.3 is 0 Å². The van der Waals surface area contributed by atoms with Crippen LogP contribution in [0.3, 0.4) is 0 Å². The van der Waals surface area contributed by atoms with E-state index in [0.29, 0.717) is 17.1 Å². The van der Waals surface area contributed by atoms with E-state index in [0.717, 1.165) is 45.9 Å². The molecule has 0 radical (unpaired) electrons. The van der Waals surface area contributed by atoms with E-state index in [1.54, 1.807) is 10.7 Å². The van der Waals surface area contributed by atoms with Crippen LogP contribution < -0.4 is 10.6 Å². The number of anilines is 2. The van der Waals surface area contributed by atoms with Crippen LogP contribution in [-0.2, 0) is 0 Å². The summed E-state index contributed by atoms with van der Waals surface area (Å²) >= 11 is 6.27. The molecule has 3 aromatic heterocycles. The van der Waals surface area contributed by atoms with E-state index in [1.165, 1.54) is 12.8 Å². The average Bonchev–Trinajstić information content (AvgIpc) is 3.25. The highest BCUT2D eigenvalue weighted by Gasteiger charge is 2.23. The molecular weight excluding hydrogens is 376 g/mol. The Hall–Kier alpha value is -2.80. The van der Waals surface area contributed by atoms with Crippen LogP contribution in [-0.4, -0.2) is 32.3 Å². The van der Waals surface area contributed by atoms with Gasteiger partial charge in [-0.2, -0.15) is 5.10 Å². The molecule has 8 heteroatoms. The predicted molar refractivity (Wildman–Crippen MR) is 111 cm³/mol. The number of imidazole rings is 1. The first-order valence-electron chi connectivity index (χ1n) is 9.53. The number of benzene rings is 1. The van der Waals surface area contributed by atoms with Gasteiger partial charge in [0.05, 0.1) is 23.0 Å². The summed E-state index contributed by atoms with van der Waals surface area (Å²) in [5.74, 6) is 1.32. The molecule has 0 unspecified atom stereocenters. The van der Waals surface area contributed by atoms with Gasteiger partial charge in [-0.1, -0.05) is 36.7 Å².